The minimum absolute atomic E-state index is 0.0988. The van der Waals surface area contributed by atoms with E-state index in [-0.39, 0.29) is 37.5 Å². The maximum absolute atomic E-state index is 12.9. The molecule has 6 heteroatoms. The molecule has 0 saturated heterocycles. The summed E-state index contributed by atoms with van der Waals surface area (Å²) >= 11 is 0. The Balaban J connectivity index is 4.47. The first-order chi connectivity index (χ1) is 34.0. The Morgan fingerprint density at radius 2 is 0.580 bits per heavy atom. The minimum Gasteiger partial charge on any atom is -0.462 e. The number of carbonyl (C=O) groups is 3. The van der Waals surface area contributed by atoms with Gasteiger partial charge in [0.25, 0.3) is 0 Å². The fourth-order valence-electron chi connectivity index (χ4n) is 8.00. The van der Waals surface area contributed by atoms with Crippen molar-refractivity contribution in [2.75, 3.05) is 13.2 Å². The summed E-state index contributed by atoms with van der Waals surface area (Å²) in [4.78, 5) is 38.2. The maximum Gasteiger partial charge on any atom is 0.306 e. The van der Waals surface area contributed by atoms with Crippen LogP contribution >= 0.6 is 0 Å². The van der Waals surface area contributed by atoms with E-state index in [1.54, 1.807) is 0 Å². The first kappa shape index (κ1) is 65.6. The highest BCUT2D eigenvalue weighted by Crippen LogP contribution is 2.15. The van der Waals surface area contributed by atoms with Gasteiger partial charge in [-0.2, -0.15) is 0 Å². The Labute approximate surface area is 426 Å². The van der Waals surface area contributed by atoms with Crippen LogP contribution in [0.25, 0.3) is 0 Å². The molecule has 0 aromatic heterocycles. The van der Waals surface area contributed by atoms with Gasteiger partial charge in [0, 0.05) is 19.3 Å². The van der Waals surface area contributed by atoms with Gasteiger partial charge in [-0.25, -0.2) is 0 Å². The van der Waals surface area contributed by atoms with Crippen LogP contribution in [-0.4, -0.2) is 37.2 Å². The van der Waals surface area contributed by atoms with Gasteiger partial charge in [0.05, 0.1) is 0 Å². The summed E-state index contributed by atoms with van der Waals surface area (Å²) in [5.41, 5.74) is 0. The van der Waals surface area contributed by atoms with E-state index in [2.05, 4.69) is 106 Å². The molecule has 0 spiro atoms. The van der Waals surface area contributed by atoms with Gasteiger partial charge in [-0.05, 0) is 109 Å². The molecule has 0 radical (unpaired) electrons. The van der Waals surface area contributed by atoms with Gasteiger partial charge in [0.15, 0.2) is 6.10 Å². The number of unbranched alkanes of at least 4 members (excludes halogenated alkanes) is 27. The summed E-state index contributed by atoms with van der Waals surface area (Å²) in [5.74, 6) is -0.963. The molecular formula is C63H108O6. The van der Waals surface area contributed by atoms with Crippen LogP contribution in [-0.2, 0) is 28.6 Å². The van der Waals surface area contributed by atoms with E-state index in [0.29, 0.717) is 19.3 Å². The van der Waals surface area contributed by atoms with E-state index in [4.69, 9.17) is 14.2 Å². The fourth-order valence-corrected chi connectivity index (χ4v) is 8.00. The average Bonchev–Trinajstić information content (AvgIpc) is 3.35. The average molecular weight is 962 g/mol. The van der Waals surface area contributed by atoms with Crippen LogP contribution in [0.4, 0.5) is 0 Å². The molecular weight excluding hydrogens is 853 g/mol. The molecule has 0 aliphatic heterocycles. The molecule has 0 fully saturated rings. The normalized spacial score (nSPS) is 12.7. The van der Waals surface area contributed by atoms with Gasteiger partial charge in [-0.1, -0.05) is 234 Å². The highest BCUT2D eigenvalue weighted by atomic mass is 16.6. The van der Waals surface area contributed by atoms with Crippen LogP contribution in [0.2, 0.25) is 0 Å². The summed E-state index contributed by atoms with van der Waals surface area (Å²) in [6.45, 7) is 6.48. The van der Waals surface area contributed by atoms with E-state index >= 15 is 0 Å². The summed E-state index contributed by atoms with van der Waals surface area (Å²) in [6, 6.07) is 0. The lowest BCUT2D eigenvalue weighted by Gasteiger charge is -2.18. The number of rotatable bonds is 52. The quantitative estimate of drug-likeness (QED) is 0.0262. The Hall–Kier alpha value is -3.41. The second-order valence-electron chi connectivity index (χ2n) is 19.2. The van der Waals surface area contributed by atoms with Gasteiger partial charge in [0.2, 0.25) is 0 Å². The number of carbonyl (C=O) groups excluding carboxylic acids is 3. The molecule has 6 nitrogen and oxygen atoms in total. The number of ether oxygens (including phenoxy) is 3. The number of hydrogen-bond acceptors (Lipinski definition) is 6. The largest absolute Gasteiger partial charge is 0.462 e. The zero-order valence-corrected chi connectivity index (χ0v) is 45.3. The van der Waals surface area contributed by atoms with E-state index in [1.807, 2.05) is 0 Å². The van der Waals surface area contributed by atoms with Gasteiger partial charge in [-0.15, -0.1) is 0 Å². The van der Waals surface area contributed by atoms with Crippen molar-refractivity contribution in [2.45, 2.75) is 284 Å². The Kier molecular flexibility index (Phi) is 54.3. The maximum atomic E-state index is 12.9. The Bertz CT molecular complexity index is 1330. The molecule has 0 aromatic rings. The molecule has 0 N–H and O–H groups in total. The summed E-state index contributed by atoms with van der Waals surface area (Å²) in [6.07, 6.45) is 74.3. The third kappa shape index (κ3) is 55.4. The van der Waals surface area contributed by atoms with Crippen molar-refractivity contribution >= 4 is 17.9 Å². The lowest BCUT2D eigenvalue weighted by atomic mass is 10.1. The van der Waals surface area contributed by atoms with E-state index < -0.39 is 6.10 Å². The van der Waals surface area contributed by atoms with Crippen molar-refractivity contribution < 1.29 is 28.6 Å². The number of esters is 3. The first-order valence-electron chi connectivity index (χ1n) is 29.1. The van der Waals surface area contributed by atoms with Crippen LogP contribution < -0.4 is 0 Å². The van der Waals surface area contributed by atoms with Crippen LogP contribution in [0.1, 0.15) is 278 Å². The molecule has 396 valence electrons. The van der Waals surface area contributed by atoms with Gasteiger partial charge < -0.3 is 14.2 Å². The minimum atomic E-state index is -0.804. The topological polar surface area (TPSA) is 78.9 Å². The van der Waals surface area contributed by atoms with E-state index in [0.717, 1.165) is 83.5 Å². The number of allylic oxidation sites excluding steroid dienone is 14. The molecule has 0 bridgehead atoms. The predicted octanol–water partition coefficient (Wildman–Crippen LogP) is 19.5. The van der Waals surface area contributed by atoms with Gasteiger partial charge in [0.1, 0.15) is 13.2 Å². The van der Waals surface area contributed by atoms with Crippen LogP contribution in [0.3, 0.4) is 0 Å². The third-order valence-corrected chi connectivity index (χ3v) is 12.4. The molecule has 0 aromatic carbocycles. The molecule has 69 heavy (non-hydrogen) atoms. The van der Waals surface area contributed by atoms with Crippen molar-refractivity contribution in [3.05, 3.63) is 85.1 Å². The predicted molar refractivity (Wildman–Crippen MR) is 297 cm³/mol. The standard InChI is InChI=1S/C63H108O6/c1-4-7-10-13-16-19-22-25-28-30-31-33-36-39-42-45-48-51-54-57-63(66)69-60(58-67-61(64)55-52-49-46-43-40-37-34-27-24-21-18-15-12-9-6-3)59-68-62(65)56-53-50-47-44-41-38-35-32-29-26-23-20-17-14-11-8-5-2/h8,11,17,20,25-29,34-35,38,44,47,60H,4-7,9-10,12-16,18-19,21-24,30-33,36-37,39-43,45-46,48-59H2,1-3H3/b11-8-,20-17-,28-25-,29-26-,34-27-,38-35-,47-44-/t60-/m0/s1. The molecule has 0 rings (SSSR count). The van der Waals surface area contributed by atoms with Crippen molar-refractivity contribution in [3.8, 4) is 0 Å². The van der Waals surface area contributed by atoms with Gasteiger partial charge in [-0.3, -0.25) is 14.4 Å². The highest BCUT2D eigenvalue weighted by Gasteiger charge is 2.19. The van der Waals surface area contributed by atoms with Crippen LogP contribution in [0, 0.1) is 0 Å². The smallest absolute Gasteiger partial charge is 0.306 e. The molecule has 0 heterocycles. The second-order valence-corrected chi connectivity index (χ2v) is 19.2. The molecule has 0 amide bonds. The summed E-state index contributed by atoms with van der Waals surface area (Å²) in [7, 11) is 0. The lowest BCUT2D eigenvalue weighted by molar-refractivity contribution is -0.167. The van der Waals surface area contributed by atoms with Crippen molar-refractivity contribution in [2.24, 2.45) is 0 Å². The highest BCUT2D eigenvalue weighted by molar-refractivity contribution is 5.71. The van der Waals surface area contributed by atoms with Crippen LogP contribution in [0.5, 0.6) is 0 Å². The monoisotopic (exact) mass is 961 g/mol. The van der Waals surface area contributed by atoms with Gasteiger partial charge >= 0.3 is 17.9 Å². The molecule has 1 atom stereocenters. The third-order valence-electron chi connectivity index (χ3n) is 12.4. The summed E-state index contributed by atoms with van der Waals surface area (Å²) in [5, 5.41) is 0. The van der Waals surface area contributed by atoms with E-state index in [9.17, 15) is 14.4 Å². The lowest BCUT2D eigenvalue weighted by Crippen LogP contribution is -2.30. The van der Waals surface area contributed by atoms with Crippen molar-refractivity contribution in [3.63, 3.8) is 0 Å². The van der Waals surface area contributed by atoms with Crippen molar-refractivity contribution in [1.29, 1.82) is 0 Å². The molecule has 0 saturated carbocycles. The fraction of sp³-hybridized carbons (Fsp3) is 0.730. The summed E-state index contributed by atoms with van der Waals surface area (Å²) < 4.78 is 16.8. The van der Waals surface area contributed by atoms with Crippen molar-refractivity contribution in [1.82, 2.24) is 0 Å². The van der Waals surface area contributed by atoms with E-state index in [1.165, 1.54) is 148 Å². The Morgan fingerprint density at radius 1 is 0.304 bits per heavy atom. The first-order valence-corrected chi connectivity index (χ1v) is 29.1. The zero-order chi connectivity index (χ0) is 50.0. The molecule has 0 unspecified atom stereocenters. The molecule has 0 aliphatic rings. The number of hydrogen-bond donors (Lipinski definition) is 0. The zero-order valence-electron chi connectivity index (χ0n) is 45.3. The second kappa shape index (κ2) is 57.2. The van der Waals surface area contributed by atoms with Crippen LogP contribution in [0.15, 0.2) is 85.1 Å². The molecule has 0 aliphatic carbocycles. The SMILES string of the molecule is CC/C=C\C/C=C\C/C=C\C/C=C\C/C=C\CCCC(=O)OC[C@H](COC(=O)CCCCCCC/C=C\CCCCCCCC)OC(=O)CCCCCCCCCCC/C=C\CCCCCCCC. The Morgan fingerprint density at radius 3 is 0.957 bits per heavy atom.